The van der Waals surface area contributed by atoms with Crippen LogP contribution in [0, 0.1) is 6.92 Å². The van der Waals surface area contributed by atoms with Crippen LogP contribution in [-0.2, 0) is 17.7 Å². The predicted octanol–water partition coefficient (Wildman–Crippen LogP) is 3.35. The van der Waals surface area contributed by atoms with Crippen LogP contribution in [0.15, 0.2) is 6.07 Å². The molecule has 1 amide bonds. The van der Waals surface area contributed by atoms with Crippen LogP contribution in [-0.4, -0.2) is 23.1 Å². The molecule has 0 fully saturated rings. The topological polar surface area (TPSA) is 29.5 Å². The molecule has 0 spiro atoms. The van der Waals surface area contributed by atoms with Gasteiger partial charge in [-0.05, 0) is 45.7 Å². The Morgan fingerprint density at radius 3 is 2.82 bits per heavy atom. The van der Waals surface area contributed by atoms with Gasteiger partial charge in [0.15, 0.2) is 0 Å². The summed E-state index contributed by atoms with van der Waals surface area (Å²) < 4.78 is 5.39. The number of fused-ring (bicyclic) bond motifs is 1. The quantitative estimate of drug-likeness (QED) is 0.709. The van der Waals surface area contributed by atoms with Crippen molar-refractivity contribution < 1.29 is 9.53 Å². The van der Waals surface area contributed by atoms with Crippen molar-refractivity contribution in [1.29, 1.82) is 0 Å². The molecule has 0 aliphatic carbocycles. The highest BCUT2D eigenvalue weighted by Gasteiger charge is 2.26. The first-order valence-corrected chi connectivity index (χ1v) is 6.73. The van der Waals surface area contributed by atoms with E-state index >= 15 is 0 Å². The molecular weight excluding hydrogens is 234 g/mol. The fourth-order valence-electron chi connectivity index (χ4n) is 1.96. The van der Waals surface area contributed by atoms with E-state index in [1.807, 2.05) is 32.1 Å². The second-order valence-electron chi connectivity index (χ2n) is 5.46. The van der Waals surface area contributed by atoms with E-state index in [0.29, 0.717) is 6.54 Å². The molecule has 0 atom stereocenters. The van der Waals surface area contributed by atoms with Gasteiger partial charge in [0, 0.05) is 16.3 Å². The van der Waals surface area contributed by atoms with Crippen molar-refractivity contribution in [3.05, 3.63) is 21.4 Å². The zero-order chi connectivity index (χ0) is 12.6. The molecule has 17 heavy (non-hydrogen) atoms. The summed E-state index contributed by atoms with van der Waals surface area (Å²) in [6, 6.07) is 2.18. The fraction of sp³-hybridized carbons (Fsp3) is 0.615. The lowest BCUT2D eigenvalue weighted by Crippen LogP contribution is -2.39. The zero-order valence-electron chi connectivity index (χ0n) is 10.9. The molecule has 0 saturated heterocycles. The Morgan fingerprint density at radius 2 is 2.18 bits per heavy atom. The van der Waals surface area contributed by atoms with Crippen molar-refractivity contribution in [2.75, 3.05) is 6.54 Å². The zero-order valence-corrected chi connectivity index (χ0v) is 11.7. The number of hydrogen-bond donors (Lipinski definition) is 0. The molecule has 0 bridgehead atoms. The lowest BCUT2D eigenvalue weighted by atomic mass is 10.1. The van der Waals surface area contributed by atoms with Gasteiger partial charge in [-0.1, -0.05) is 0 Å². The fourth-order valence-corrected chi connectivity index (χ4v) is 3.00. The van der Waals surface area contributed by atoms with Crippen LogP contribution < -0.4 is 0 Å². The second-order valence-corrected chi connectivity index (χ2v) is 6.80. The monoisotopic (exact) mass is 253 g/mol. The van der Waals surface area contributed by atoms with E-state index in [1.54, 1.807) is 4.90 Å². The molecule has 1 aromatic rings. The number of carbonyl (C=O) groups excluding carboxylic acids is 1. The van der Waals surface area contributed by atoms with Crippen LogP contribution in [0.4, 0.5) is 4.79 Å². The second kappa shape index (κ2) is 4.33. The van der Waals surface area contributed by atoms with Crippen LogP contribution in [0.1, 0.15) is 36.1 Å². The van der Waals surface area contributed by atoms with Crippen molar-refractivity contribution in [2.24, 2.45) is 0 Å². The van der Waals surface area contributed by atoms with Crippen molar-refractivity contribution >= 4 is 17.4 Å². The molecule has 3 nitrogen and oxygen atoms in total. The van der Waals surface area contributed by atoms with Gasteiger partial charge in [-0.2, -0.15) is 0 Å². The molecule has 0 unspecified atom stereocenters. The molecule has 4 heteroatoms. The number of aryl methyl sites for hydroxylation is 1. The summed E-state index contributed by atoms with van der Waals surface area (Å²) >= 11 is 1.84. The lowest BCUT2D eigenvalue weighted by molar-refractivity contribution is 0.0225. The van der Waals surface area contributed by atoms with Crippen molar-refractivity contribution in [3.8, 4) is 0 Å². The van der Waals surface area contributed by atoms with Gasteiger partial charge in [-0.3, -0.25) is 0 Å². The maximum atomic E-state index is 11.9. The first-order valence-electron chi connectivity index (χ1n) is 5.91. The maximum absolute atomic E-state index is 11.9. The third-order valence-corrected chi connectivity index (χ3v) is 3.79. The normalized spacial score (nSPS) is 15.6. The van der Waals surface area contributed by atoms with E-state index in [1.165, 1.54) is 15.3 Å². The number of rotatable bonds is 0. The van der Waals surface area contributed by atoms with E-state index in [0.717, 1.165) is 13.0 Å². The highest BCUT2D eigenvalue weighted by atomic mass is 32.1. The number of amides is 1. The standard InChI is InChI=1S/C13H19NO2S/c1-9-7-10-8-14(6-5-11(10)17-9)12(15)16-13(2,3)4/h7H,5-6,8H2,1-4H3. The van der Waals surface area contributed by atoms with Crippen molar-refractivity contribution in [1.82, 2.24) is 4.90 Å². The molecule has 0 saturated carbocycles. The van der Waals surface area contributed by atoms with Crippen molar-refractivity contribution in [3.63, 3.8) is 0 Å². The predicted molar refractivity (Wildman–Crippen MR) is 69.4 cm³/mol. The van der Waals surface area contributed by atoms with E-state index < -0.39 is 5.60 Å². The summed E-state index contributed by atoms with van der Waals surface area (Å²) in [5, 5.41) is 0. The smallest absolute Gasteiger partial charge is 0.410 e. The molecule has 94 valence electrons. The minimum Gasteiger partial charge on any atom is -0.444 e. The Balaban J connectivity index is 2.05. The first-order chi connectivity index (χ1) is 7.85. The number of thiophene rings is 1. The highest BCUT2D eigenvalue weighted by molar-refractivity contribution is 7.12. The van der Waals surface area contributed by atoms with E-state index in [-0.39, 0.29) is 6.09 Å². The molecule has 1 aromatic heterocycles. The third kappa shape index (κ3) is 3.00. The molecule has 2 rings (SSSR count). The lowest BCUT2D eigenvalue weighted by Gasteiger charge is -2.29. The average Bonchev–Trinajstić information content (AvgIpc) is 2.53. The van der Waals surface area contributed by atoms with Gasteiger partial charge < -0.3 is 9.64 Å². The van der Waals surface area contributed by atoms with Crippen LogP contribution in [0.25, 0.3) is 0 Å². The highest BCUT2D eigenvalue weighted by Crippen LogP contribution is 2.28. The van der Waals surface area contributed by atoms with Gasteiger partial charge >= 0.3 is 6.09 Å². The molecular formula is C13H19NO2S. The van der Waals surface area contributed by atoms with Gasteiger partial charge in [-0.25, -0.2) is 4.79 Å². The number of hydrogen-bond acceptors (Lipinski definition) is 3. The summed E-state index contributed by atoms with van der Waals surface area (Å²) in [4.78, 5) is 16.5. The number of carbonyl (C=O) groups is 1. The van der Waals surface area contributed by atoms with E-state index in [2.05, 4.69) is 13.0 Å². The summed E-state index contributed by atoms with van der Waals surface area (Å²) in [6.07, 6.45) is 0.750. The molecule has 0 N–H and O–H groups in total. The Hall–Kier alpha value is -1.03. The summed E-state index contributed by atoms with van der Waals surface area (Å²) in [5.74, 6) is 0. The Kier molecular flexibility index (Phi) is 3.17. The SMILES string of the molecule is Cc1cc2c(s1)CCN(C(=O)OC(C)(C)C)C2. The van der Waals surface area contributed by atoms with Crippen LogP contribution in [0.2, 0.25) is 0 Å². The van der Waals surface area contributed by atoms with Gasteiger partial charge in [0.1, 0.15) is 5.60 Å². The largest absolute Gasteiger partial charge is 0.444 e. The van der Waals surface area contributed by atoms with Gasteiger partial charge in [0.25, 0.3) is 0 Å². The molecule has 2 heterocycles. The Morgan fingerprint density at radius 1 is 1.47 bits per heavy atom. The van der Waals surface area contributed by atoms with Crippen LogP contribution >= 0.6 is 11.3 Å². The maximum Gasteiger partial charge on any atom is 0.410 e. The van der Waals surface area contributed by atoms with Gasteiger partial charge in [0.2, 0.25) is 0 Å². The summed E-state index contributed by atoms with van der Waals surface area (Å²) in [7, 11) is 0. The molecule has 1 aliphatic rings. The van der Waals surface area contributed by atoms with E-state index in [9.17, 15) is 4.79 Å². The Labute approximate surface area is 106 Å². The summed E-state index contributed by atoms with van der Waals surface area (Å²) in [5.41, 5.74) is 0.867. The molecule has 0 aromatic carbocycles. The third-order valence-electron chi connectivity index (χ3n) is 2.64. The number of nitrogens with zero attached hydrogens (tertiary/aromatic N) is 1. The summed E-state index contributed by atoms with van der Waals surface area (Å²) in [6.45, 7) is 9.26. The van der Waals surface area contributed by atoms with Crippen molar-refractivity contribution in [2.45, 2.75) is 46.3 Å². The Bertz CT molecular complexity index is 431. The first kappa shape index (κ1) is 12.4. The minimum atomic E-state index is -0.415. The van der Waals surface area contributed by atoms with Gasteiger partial charge in [0.05, 0.1) is 6.54 Å². The molecule has 0 radical (unpaired) electrons. The molecule has 1 aliphatic heterocycles. The van der Waals surface area contributed by atoms with E-state index in [4.69, 9.17) is 4.74 Å². The van der Waals surface area contributed by atoms with Gasteiger partial charge in [-0.15, -0.1) is 11.3 Å². The average molecular weight is 253 g/mol. The number of ether oxygens (including phenoxy) is 1. The minimum absolute atomic E-state index is 0.202. The van der Waals surface area contributed by atoms with Crippen LogP contribution in [0.3, 0.4) is 0 Å². The van der Waals surface area contributed by atoms with Crippen LogP contribution in [0.5, 0.6) is 0 Å².